The number of para-hydroxylation sites is 1. The summed E-state index contributed by atoms with van der Waals surface area (Å²) in [5.41, 5.74) is 0.914. The summed E-state index contributed by atoms with van der Waals surface area (Å²) in [7, 11) is 3.56. The van der Waals surface area contributed by atoms with Gasteiger partial charge < -0.3 is 10.1 Å². The second-order valence-corrected chi connectivity index (χ2v) is 4.06. The molecule has 1 fully saturated rings. The third kappa shape index (κ3) is 2.03. The highest BCUT2D eigenvalue weighted by Crippen LogP contribution is 2.31. The first-order chi connectivity index (χ1) is 7.74. The zero-order valence-electron chi connectivity index (χ0n) is 9.66. The molecule has 1 aliphatic rings. The molecule has 0 saturated carbocycles. The number of likely N-dealkylation sites (N-methyl/N-ethyl adjacent to an activating group) is 1. The first-order valence-corrected chi connectivity index (χ1v) is 5.47. The summed E-state index contributed by atoms with van der Waals surface area (Å²) in [6.45, 7) is 2.77. The van der Waals surface area contributed by atoms with Crippen LogP contribution in [0.15, 0.2) is 18.2 Å². The summed E-state index contributed by atoms with van der Waals surface area (Å²) in [4.78, 5) is 2.22. The number of piperazine rings is 1. The van der Waals surface area contributed by atoms with Crippen LogP contribution in [0.1, 0.15) is 11.6 Å². The minimum absolute atomic E-state index is 0.180. The fourth-order valence-electron chi connectivity index (χ4n) is 2.16. The molecule has 1 unspecified atom stereocenters. The van der Waals surface area contributed by atoms with Crippen LogP contribution in [-0.4, -0.2) is 38.7 Å². The van der Waals surface area contributed by atoms with Crippen LogP contribution in [-0.2, 0) is 0 Å². The summed E-state index contributed by atoms with van der Waals surface area (Å²) in [5.74, 6) is 0.0713. The van der Waals surface area contributed by atoms with Gasteiger partial charge in [0.1, 0.15) is 0 Å². The summed E-state index contributed by atoms with van der Waals surface area (Å²) < 4.78 is 18.7. The van der Waals surface area contributed by atoms with Crippen molar-refractivity contribution in [1.29, 1.82) is 0 Å². The van der Waals surface area contributed by atoms with Crippen molar-refractivity contribution < 1.29 is 9.13 Å². The van der Waals surface area contributed by atoms with Crippen molar-refractivity contribution in [3.8, 4) is 5.75 Å². The molecule has 0 aliphatic carbocycles. The molecule has 1 heterocycles. The molecular weight excluding hydrogens is 207 g/mol. The highest BCUT2D eigenvalue weighted by molar-refractivity contribution is 5.37. The summed E-state index contributed by atoms with van der Waals surface area (Å²) >= 11 is 0. The molecular formula is C12H17FN2O. The van der Waals surface area contributed by atoms with E-state index in [1.54, 1.807) is 6.07 Å². The number of halogens is 1. The van der Waals surface area contributed by atoms with Gasteiger partial charge in [0.15, 0.2) is 11.6 Å². The van der Waals surface area contributed by atoms with Crippen molar-refractivity contribution in [2.75, 3.05) is 33.8 Å². The Bertz CT molecular complexity index is 370. The Kier molecular flexibility index (Phi) is 3.41. The molecule has 1 aromatic carbocycles. The average molecular weight is 224 g/mol. The fraction of sp³-hybridized carbons (Fsp3) is 0.500. The van der Waals surface area contributed by atoms with Crippen LogP contribution < -0.4 is 10.1 Å². The third-order valence-corrected chi connectivity index (χ3v) is 3.07. The molecule has 0 bridgehead atoms. The van der Waals surface area contributed by atoms with Gasteiger partial charge in [-0.3, -0.25) is 4.90 Å². The van der Waals surface area contributed by atoms with Gasteiger partial charge in [0.2, 0.25) is 0 Å². The van der Waals surface area contributed by atoms with Crippen LogP contribution in [0.5, 0.6) is 5.75 Å². The highest BCUT2D eigenvalue weighted by atomic mass is 19.1. The summed E-state index contributed by atoms with van der Waals surface area (Å²) in [6.07, 6.45) is 0. The maximum Gasteiger partial charge on any atom is 0.165 e. The molecule has 0 aromatic heterocycles. The van der Waals surface area contributed by atoms with Gasteiger partial charge in [0.05, 0.1) is 13.2 Å². The van der Waals surface area contributed by atoms with Gasteiger partial charge in [-0.2, -0.15) is 0 Å². The maximum absolute atomic E-state index is 13.6. The minimum atomic E-state index is -0.293. The lowest BCUT2D eigenvalue weighted by atomic mass is 10.0. The smallest absolute Gasteiger partial charge is 0.165 e. The van der Waals surface area contributed by atoms with E-state index in [9.17, 15) is 4.39 Å². The molecule has 1 aromatic rings. The van der Waals surface area contributed by atoms with E-state index < -0.39 is 0 Å². The van der Waals surface area contributed by atoms with E-state index in [-0.39, 0.29) is 11.9 Å². The molecule has 4 heteroatoms. The van der Waals surface area contributed by atoms with Gasteiger partial charge in [-0.05, 0) is 13.1 Å². The molecule has 88 valence electrons. The van der Waals surface area contributed by atoms with Crippen molar-refractivity contribution in [2.45, 2.75) is 6.04 Å². The Hall–Kier alpha value is -1.13. The van der Waals surface area contributed by atoms with Crippen molar-refractivity contribution in [3.63, 3.8) is 0 Å². The van der Waals surface area contributed by atoms with Crippen molar-refractivity contribution >= 4 is 0 Å². The molecule has 3 nitrogen and oxygen atoms in total. The zero-order chi connectivity index (χ0) is 11.5. The van der Waals surface area contributed by atoms with E-state index in [4.69, 9.17) is 4.74 Å². The quantitative estimate of drug-likeness (QED) is 0.822. The third-order valence-electron chi connectivity index (χ3n) is 3.07. The molecule has 1 N–H and O–H groups in total. The Morgan fingerprint density at radius 2 is 2.31 bits per heavy atom. The normalized spacial score (nSPS) is 22.1. The van der Waals surface area contributed by atoms with E-state index in [0.29, 0.717) is 5.75 Å². The minimum Gasteiger partial charge on any atom is -0.493 e. The Labute approximate surface area is 95.2 Å². The highest BCUT2D eigenvalue weighted by Gasteiger charge is 2.24. The van der Waals surface area contributed by atoms with Gasteiger partial charge in [-0.1, -0.05) is 12.1 Å². The van der Waals surface area contributed by atoms with Gasteiger partial charge in [-0.15, -0.1) is 0 Å². The molecule has 0 amide bonds. The van der Waals surface area contributed by atoms with E-state index in [0.717, 1.165) is 25.2 Å². The lowest BCUT2D eigenvalue weighted by molar-refractivity contribution is 0.197. The van der Waals surface area contributed by atoms with Crippen LogP contribution in [0, 0.1) is 5.82 Å². The molecule has 16 heavy (non-hydrogen) atoms. The van der Waals surface area contributed by atoms with Crippen molar-refractivity contribution in [3.05, 3.63) is 29.6 Å². The van der Waals surface area contributed by atoms with E-state index in [1.165, 1.54) is 13.2 Å². The topological polar surface area (TPSA) is 24.5 Å². The molecule has 1 aliphatic heterocycles. The van der Waals surface area contributed by atoms with Crippen molar-refractivity contribution in [1.82, 2.24) is 10.2 Å². The molecule has 2 rings (SSSR count). The molecule has 1 atom stereocenters. The number of nitrogens with one attached hydrogen (secondary N) is 1. The van der Waals surface area contributed by atoms with Gasteiger partial charge in [-0.25, -0.2) is 4.39 Å². The van der Waals surface area contributed by atoms with Crippen LogP contribution >= 0.6 is 0 Å². The van der Waals surface area contributed by atoms with Gasteiger partial charge in [0, 0.05) is 25.2 Å². The first kappa shape index (κ1) is 11.4. The predicted molar refractivity (Wildman–Crippen MR) is 61.2 cm³/mol. The SMILES string of the molecule is COc1c(F)cccc1C1CNCCN1C. The molecule has 0 spiro atoms. The van der Waals surface area contributed by atoms with Gasteiger partial charge >= 0.3 is 0 Å². The van der Waals surface area contributed by atoms with Gasteiger partial charge in [0.25, 0.3) is 0 Å². The maximum atomic E-state index is 13.6. The first-order valence-electron chi connectivity index (χ1n) is 5.47. The number of methoxy groups -OCH3 is 1. The molecule has 1 saturated heterocycles. The van der Waals surface area contributed by atoms with Crippen molar-refractivity contribution in [2.24, 2.45) is 0 Å². The van der Waals surface area contributed by atoms with Crippen LogP contribution in [0.25, 0.3) is 0 Å². The number of benzene rings is 1. The summed E-state index contributed by atoms with van der Waals surface area (Å²) in [5, 5.41) is 3.31. The zero-order valence-corrected chi connectivity index (χ0v) is 9.66. The lowest BCUT2D eigenvalue weighted by Gasteiger charge is -2.34. The van der Waals surface area contributed by atoms with Crippen LogP contribution in [0.2, 0.25) is 0 Å². The number of ether oxygens (including phenoxy) is 1. The van der Waals surface area contributed by atoms with E-state index >= 15 is 0 Å². The number of hydrogen-bond donors (Lipinski definition) is 1. The largest absolute Gasteiger partial charge is 0.493 e. The number of nitrogens with zero attached hydrogens (tertiary/aromatic N) is 1. The average Bonchev–Trinajstić information content (AvgIpc) is 2.29. The standard InChI is InChI=1S/C12H17FN2O/c1-15-7-6-14-8-11(15)9-4-3-5-10(13)12(9)16-2/h3-5,11,14H,6-8H2,1-2H3. The fourth-order valence-corrected chi connectivity index (χ4v) is 2.16. The second kappa shape index (κ2) is 4.80. The number of hydrogen-bond acceptors (Lipinski definition) is 3. The second-order valence-electron chi connectivity index (χ2n) is 4.06. The van der Waals surface area contributed by atoms with Crippen LogP contribution in [0.4, 0.5) is 4.39 Å². The molecule has 0 radical (unpaired) electrons. The van der Waals surface area contributed by atoms with Crippen LogP contribution in [0.3, 0.4) is 0 Å². The predicted octanol–water partition coefficient (Wildman–Crippen LogP) is 1.41. The van der Waals surface area contributed by atoms with E-state index in [2.05, 4.69) is 17.3 Å². The summed E-state index contributed by atoms with van der Waals surface area (Å²) in [6, 6.07) is 5.27. The monoisotopic (exact) mass is 224 g/mol. The Morgan fingerprint density at radius 3 is 3.00 bits per heavy atom. The lowest BCUT2D eigenvalue weighted by Crippen LogP contribution is -2.43. The van der Waals surface area contributed by atoms with E-state index in [1.807, 2.05) is 6.07 Å². The Morgan fingerprint density at radius 1 is 1.50 bits per heavy atom. The number of rotatable bonds is 2. The Balaban J connectivity index is 2.34.